The molecule has 1 heterocycles. The van der Waals surface area contributed by atoms with Crippen LogP contribution in [0.3, 0.4) is 0 Å². The summed E-state index contributed by atoms with van der Waals surface area (Å²) in [5, 5.41) is 8.87. The Morgan fingerprint density at radius 2 is 1.47 bits per heavy atom. The van der Waals surface area contributed by atoms with E-state index in [0.717, 1.165) is 32.8 Å². The molecule has 1 aromatic heterocycles. The first-order chi connectivity index (χ1) is 14.4. The van der Waals surface area contributed by atoms with Crippen LogP contribution < -0.4 is 0 Å². The Kier molecular flexibility index (Phi) is 5.64. The molecule has 0 aliphatic carbocycles. The molecular formula is C25H25N3OS. The van der Waals surface area contributed by atoms with Gasteiger partial charge in [-0.25, -0.2) is 4.68 Å². The van der Waals surface area contributed by atoms with Gasteiger partial charge in [-0.2, -0.15) is 0 Å². The third-order valence-corrected chi connectivity index (χ3v) is 6.43. The molecular weight excluding hydrogens is 390 g/mol. The average molecular weight is 416 g/mol. The van der Waals surface area contributed by atoms with Crippen molar-refractivity contribution in [2.75, 3.05) is 5.75 Å². The van der Waals surface area contributed by atoms with Gasteiger partial charge in [0.05, 0.1) is 27.8 Å². The molecule has 4 nitrogen and oxygen atoms in total. The van der Waals surface area contributed by atoms with Crippen molar-refractivity contribution in [1.29, 1.82) is 0 Å². The predicted octanol–water partition coefficient (Wildman–Crippen LogP) is 5.54. The minimum Gasteiger partial charge on any atom is -0.254 e. The highest BCUT2D eigenvalue weighted by atomic mass is 32.2. The van der Waals surface area contributed by atoms with Crippen LogP contribution in [0.15, 0.2) is 95.4 Å². The van der Waals surface area contributed by atoms with Crippen molar-refractivity contribution in [3.05, 3.63) is 96.1 Å². The molecule has 5 heteroatoms. The number of hydrogen-bond donors (Lipinski definition) is 0. The highest BCUT2D eigenvalue weighted by molar-refractivity contribution is 7.85. The highest BCUT2D eigenvalue weighted by Gasteiger charge is 2.27. The predicted molar refractivity (Wildman–Crippen MR) is 123 cm³/mol. The number of para-hydroxylation sites is 1. The largest absolute Gasteiger partial charge is 0.254 e. The number of rotatable bonds is 5. The fraction of sp³-hybridized carbons (Fsp3) is 0.200. The molecule has 0 spiro atoms. The van der Waals surface area contributed by atoms with Crippen LogP contribution in [-0.4, -0.2) is 25.0 Å². The van der Waals surface area contributed by atoms with Gasteiger partial charge in [-0.3, -0.25) is 4.21 Å². The van der Waals surface area contributed by atoms with Gasteiger partial charge in [0.1, 0.15) is 5.52 Å². The molecule has 1 atom stereocenters. The summed E-state index contributed by atoms with van der Waals surface area (Å²) in [6, 6.07) is 27.7. The first-order valence-electron chi connectivity index (χ1n) is 9.98. The molecule has 0 amide bonds. The van der Waals surface area contributed by atoms with E-state index >= 15 is 0 Å². The Morgan fingerprint density at radius 3 is 2.13 bits per heavy atom. The molecule has 4 rings (SSSR count). The van der Waals surface area contributed by atoms with Gasteiger partial charge < -0.3 is 0 Å². The monoisotopic (exact) mass is 415 g/mol. The van der Waals surface area contributed by atoms with Gasteiger partial charge in [0, 0.05) is 10.5 Å². The number of benzene rings is 3. The van der Waals surface area contributed by atoms with E-state index in [0.29, 0.717) is 5.75 Å². The Bertz CT molecular complexity index is 1210. The fourth-order valence-electron chi connectivity index (χ4n) is 3.48. The van der Waals surface area contributed by atoms with Crippen LogP contribution in [0.5, 0.6) is 0 Å². The second-order valence-corrected chi connectivity index (χ2v) is 9.69. The number of hydrogen-bond acceptors (Lipinski definition) is 3. The zero-order chi connectivity index (χ0) is 21.1. The quantitative estimate of drug-likeness (QED) is 0.430. The third-order valence-electron chi connectivity index (χ3n) is 5.08. The minimum absolute atomic E-state index is 0.220. The molecule has 4 aromatic rings. The molecule has 3 aromatic carbocycles. The van der Waals surface area contributed by atoms with E-state index in [2.05, 4.69) is 43.2 Å². The summed E-state index contributed by atoms with van der Waals surface area (Å²) in [6.07, 6.45) is 0. The number of fused-ring (bicyclic) bond motifs is 1. The molecule has 0 N–H and O–H groups in total. The molecule has 0 fully saturated rings. The Hall–Kier alpha value is -3.05. The van der Waals surface area contributed by atoms with Crippen LogP contribution in [-0.2, 0) is 10.8 Å². The molecule has 0 saturated carbocycles. The van der Waals surface area contributed by atoms with Crippen molar-refractivity contribution in [3.63, 3.8) is 0 Å². The Morgan fingerprint density at radius 1 is 0.867 bits per heavy atom. The lowest BCUT2D eigenvalue weighted by Crippen LogP contribution is -2.21. The number of aromatic nitrogens is 3. The lowest BCUT2D eigenvalue weighted by atomic mass is 9.84. The van der Waals surface area contributed by atoms with E-state index in [1.54, 1.807) is 0 Å². The zero-order valence-corrected chi connectivity index (χ0v) is 18.3. The Balaban J connectivity index is 1.96. The van der Waals surface area contributed by atoms with E-state index in [1.165, 1.54) is 0 Å². The smallest absolute Gasteiger partial charge is 0.113 e. The van der Waals surface area contributed by atoms with Crippen LogP contribution in [0.4, 0.5) is 0 Å². The van der Waals surface area contributed by atoms with Gasteiger partial charge in [-0.1, -0.05) is 86.6 Å². The lowest BCUT2D eigenvalue weighted by molar-refractivity contribution is 0.503. The van der Waals surface area contributed by atoms with Crippen molar-refractivity contribution >= 4 is 27.5 Å². The van der Waals surface area contributed by atoms with Gasteiger partial charge >= 0.3 is 0 Å². The summed E-state index contributed by atoms with van der Waals surface area (Å²) in [5.74, 6) is 0.423. The van der Waals surface area contributed by atoms with Crippen molar-refractivity contribution in [1.82, 2.24) is 15.0 Å². The topological polar surface area (TPSA) is 47.8 Å². The second-order valence-electron chi connectivity index (χ2n) is 8.24. The maximum Gasteiger partial charge on any atom is 0.113 e. The summed E-state index contributed by atoms with van der Waals surface area (Å²) in [6.45, 7) is 6.48. The summed E-state index contributed by atoms with van der Waals surface area (Å²) in [4.78, 5) is 0.829. The van der Waals surface area contributed by atoms with E-state index in [-0.39, 0.29) is 5.41 Å². The van der Waals surface area contributed by atoms with Crippen molar-refractivity contribution in [2.24, 2.45) is 5.41 Å². The van der Waals surface area contributed by atoms with E-state index < -0.39 is 10.8 Å². The Labute approximate surface area is 179 Å². The molecule has 0 aliphatic heterocycles. The summed E-state index contributed by atoms with van der Waals surface area (Å²) in [7, 11) is -1.17. The van der Waals surface area contributed by atoms with Crippen LogP contribution in [0.2, 0.25) is 0 Å². The maximum atomic E-state index is 13.3. The fourth-order valence-corrected chi connectivity index (χ4v) is 4.94. The molecule has 1 unspecified atom stereocenters. The summed E-state index contributed by atoms with van der Waals surface area (Å²) >= 11 is 0. The van der Waals surface area contributed by atoms with Crippen LogP contribution in [0.25, 0.3) is 16.7 Å². The normalized spacial score (nSPS) is 13.8. The first kappa shape index (κ1) is 20.2. The third kappa shape index (κ3) is 4.12. The van der Waals surface area contributed by atoms with Crippen LogP contribution in [0, 0.1) is 5.41 Å². The van der Waals surface area contributed by atoms with Crippen LogP contribution in [0.1, 0.15) is 26.3 Å². The first-order valence-corrected chi connectivity index (χ1v) is 11.3. The van der Waals surface area contributed by atoms with Gasteiger partial charge in [-0.05, 0) is 35.3 Å². The van der Waals surface area contributed by atoms with Gasteiger partial charge in [-0.15, -0.1) is 5.10 Å². The van der Waals surface area contributed by atoms with E-state index in [9.17, 15) is 4.21 Å². The maximum absolute atomic E-state index is 13.3. The lowest BCUT2D eigenvalue weighted by Gasteiger charge is -2.27. The molecule has 0 bridgehead atoms. The molecule has 30 heavy (non-hydrogen) atoms. The van der Waals surface area contributed by atoms with Crippen molar-refractivity contribution in [2.45, 2.75) is 25.7 Å². The SMILES string of the molecule is CC(C)(C)/C(CS(=O)c1ccccc1)=C(\c1ccccc1)n1nnc2ccccc21. The van der Waals surface area contributed by atoms with Gasteiger partial charge in [0.2, 0.25) is 0 Å². The highest BCUT2D eigenvalue weighted by Crippen LogP contribution is 2.35. The minimum atomic E-state index is -1.17. The van der Waals surface area contributed by atoms with E-state index in [4.69, 9.17) is 0 Å². The van der Waals surface area contributed by atoms with Crippen LogP contribution >= 0.6 is 0 Å². The van der Waals surface area contributed by atoms with Crippen molar-refractivity contribution < 1.29 is 4.21 Å². The number of nitrogens with zero attached hydrogens (tertiary/aromatic N) is 3. The second kappa shape index (κ2) is 8.36. The zero-order valence-electron chi connectivity index (χ0n) is 17.4. The van der Waals surface area contributed by atoms with Gasteiger partial charge in [0.15, 0.2) is 0 Å². The van der Waals surface area contributed by atoms with Crippen molar-refractivity contribution in [3.8, 4) is 0 Å². The average Bonchev–Trinajstić information content (AvgIpc) is 3.18. The summed E-state index contributed by atoms with van der Waals surface area (Å²) in [5.41, 5.74) is 4.60. The van der Waals surface area contributed by atoms with E-state index in [1.807, 2.05) is 77.5 Å². The summed E-state index contributed by atoms with van der Waals surface area (Å²) < 4.78 is 15.2. The molecule has 152 valence electrons. The van der Waals surface area contributed by atoms with Gasteiger partial charge in [0.25, 0.3) is 0 Å². The molecule has 0 radical (unpaired) electrons. The molecule has 0 aliphatic rings. The molecule has 0 saturated heterocycles. The standard InChI is InChI=1S/C25H25N3OS/c1-25(2,3)21(18-30(29)20-14-8-5-9-15-20)24(19-12-6-4-7-13-19)28-23-17-11-10-16-22(23)26-27-28/h4-17H,18H2,1-3H3/b24-21+.